The van der Waals surface area contributed by atoms with E-state index in [1.54, 1.807) is 0 Å². The fourth-order valence-electron chi connectivity index (χ4n) is 1.45. The van der Waals surface area contributed by atoms with Crippen LogP contribution in [0.25, 0.3) is 0 Å². The topological polar surface area (TPSA) is 89.5 Å². The number of alkyl halides is 2. The second-order valence-corrected chi connectivity index (χ2v) is 9.15. The summed E-state index contributed by atoms with van der Waals surface area (Å²) in [5.41, 5.74) is 0. The summed E-state index contributed by atoms with van der Waals surface area (Å²) in [5.74, 6) is 0. The summed E-state index contributed by atoms with van der Waals surface area (Å²) < 4.78 is 80.6. The van der Waals surface area contributed by atoms with Crippen LogP contribution in [0, 0.1) is 0 Å². The van der Waals surface area contributed by atoms with Gasteiger partial charge >= 0.3 is 21.9 Å². The zero-order chi connectivity index (χ0) is 20.1. The molecule has 0 aromatic rings. The molecule has 0 saturated heterocycles. The SMILES string of the molecule is CC(C)OP(=O)(OC(C)C)OC(F)(F)OP(=O)(OC(C)C)OC(C)C. The maximum atomic E-state index is 14.1. The molecule has 0 aromatic carbocycles. The van der Waals surface area contributed by atoms with Gasteiger partial charge in [-0.2, -0.15) is 9.05 Å². The Balaban J connectivity index is 5.40. The Morgan fingerprint density at radius 2 is 0.800 bits per heavy atom. The number of hydrogen-bond donors (Lipinski definition) is 0. The van der Waals surface area contributed by atoms with Crippen molar-refractivity contribution in [3.05, 3.63) is 0 Å². The molecule has 0 rings (SSSR count). The lowest BCUT2D eigenvalue weighted by Gasteiger charge is -2.28. The van der Waals surface area contributed by atoms with Gasteiger partial charge in [-0.25, -0.2) is 9.13 Å². The van der Waals surface area contributed by atoms with Gasteiger partial charge in [-0.1, -0.05) is 0 Å². The Morgan fingerprint density at radius 1 is 0.600 bits per heavy atom. The molecule has 0 aliphatic carbocycles. The molecule has 25 heavy (non-hydrogen) atoms. The smallest absolute Gasteiger partial charge is 0.284 e. The maximum Gasteiger partial charge on any atom is 0.503 e. The Labute approximate surface area is 147 Å². The van der Waals surface area contributed by atoms with Crippen molar-refractivity contribution in [2.45, 2.75) is 86.1 Å². The third kappa shape index (κ3) is 11.4. The average Bonchev–Trinajstić information content (AvgIpc) is 2.18. The lowest BCUT2D eigenvalue weighted by Crippen LogP contribution is -2.27. The van der Waals surface area contributed by atoms with Crippen molar-refractivity contribution >= 4 is 15.6 Å². The number of phosphoric ester groups is 2. The van der Waals surface area contributed by atoms with E-state index in [0.29, 0.717) is 0 Å². The van der Waals surface area contributed by atoms with E-state index in [1.807, 2.05) is 0 Å². The summed E-state index contributed by atoms with van der Waals surface area (Å²) in [7, 11) is -9.43. The van der Waals surface area contributed by atoms with E-state index in [1.165, 1.54) is 55.4 Å². The number of hydrogen-bond acceptors (Lipinski definition) is 8. The molecule has 0 aromatic heterocycles. The van der Waals surface area contributed by atoms with Crippen molar-refractivity contribution in [2.24, 2.45) is 0 Å². The summed E-state index contributed by atoms with van der Waals surface area (Å²) in [6.45, 7) is 11.6. The molecule has 0 aliphatic heterocycles. The molecular weight excluding hydrogens is 384 g/mol. The van der Waals surface area contributed by atoms with Crippen LogP contribution in [0.4, 0.5) is 8.78 Å². The van der Waals surface area contributed by atoms with Gasteiger partial charge in [0, 0.05) is 0 Å². The molecule has 0 aliphatic rings. The van der Waals surface area contributed by atoms with E-state index in [-0.39, 0.29) is 0 Å². The van der Waals surface area contributed by atoms with E-state index in [9.17, 15) is 17.9 Å². The number of halogens is 2. The van der Waals surface area contributed by atoms with Gasteiger partial charge in [-0.15, -0.1) is 8.78 Å². The molecule has 0 saturated carbocycles. The predicted molar refractivity (Wildman–Crippen MR) is 87.2 cm³/mol. The molecule has 0 bridgehead atoms. The van der Waals surface area contributed by atoms with Crippen LogP contribution < -0.4 is 0 Å². The van der Waals surface area contributed by atoms with E-state index in [0.717, 1.165) is 0 Å². The number of phosphoric acid groups is 2. The van der Waals surface area contributed by atoms with Crippen molar-refractivity contribution in [2.75, 3.05) is 0 Å². The van der Waals surface area contributed by atoms with Gasteiger partial charge in [0.15, 0.2) is 0 Å². The van der Waals surface area contributed by atoms with Crippen LogP contribution in [0.5, 0.6) is 0 Å². The molecule has 12 heteroatoms. The Bertz CT molecular complexity index is 426. The summed E-state index contributed by atoms with van der Waals surface area (Å²) in [6.07, 6.45) is -7.59. The normalized spacial score (nSPS) is 14.3. The van der Waals surface area contributed by atoms with E-state index < -0.39 is 46.4 Å². The van der Waals surface area contributed by atoms with Gasteiger partial charge in [0.1, 0.15) is 0 Å². The fourth-order valence-corrected chi connectivity index (χ4v) is 4.44. The van der Waals surface area contributed by atoms with E-state index in [4.69, 9.17) is 18.1 Å². The molecule has 152 valence electrons. The van der Waals surface area contributed by atoms with Crippen LogP contribution in [0.3, 0.4) is 0 Å². The monoisotopic (exact) mass is 412 g/mol. The van der Waals surface area contributed by atoms with Crippen LogP contribution in [-0.4, -0.2) is 30.7 Å². The summed E-state index contributed by atoms with van der Waals surface area (Å²) in [6, 6.07) is 0. The highest BCUT2D eigenvalue weighted by atomic mass is 31.2. The van der Waals surface area contributed by atoms with Crippen molar-refractivity contribution in [3.8, 4) is 0 Å². The largest absolute Gasteiger partial charge is 0.503 e. The maximum absolute atomic E-state index is 14.1. The van der Waals surface area contributed by atoms with Crippen molar-refractivity contribution in [1.29, 1.82) is 0 Å². The van der Waals surface area contributed by atoms with Crippen LogP contribution in [0.15, 0.2) is 0 Å². The van der Waals surface area contributed by atoms with Gasteiger partial charge < -0.3 is 0 Å². The highest BCUT2D eigenvalue weighted by Gasteiger charge is 2.51. The first-order valence-corrected chi connectivity index (χ1v) is 10.7. The van der Waals surface area contributed by atoms with Crippen molar-refractivity contribution in [3.63, 3.8) is 0 Å². The quantitative estimate of drug-likeness (QED) is 0.307. The van der Waals surface area contributed by atoms with Crippen LogP contribution in [-0.2, 0) is 36.3 Å². The molecule has 0 atom stereocenters. The first-order valence-electron chi connectivity index (χ1n) is 7.81. The van der Waals surface area contributed by atoms with Gasteiger partial charge in [0.25, 0.3) is 0 Å². The van der Waals surface area contributed by atoms with Crippen molar-refractivity contribution in [1.82, 2.24) is 0 Å². The predicted octanol–water partition coefficient (Wildman–Crippen LogP) is 5.49. The van der Waals surface area contributed by atoms with E-state index >= 15 is 0 Å². The molecule has 0 radical (unpaired) electrons. The second-order valence-electron chi connectivity index (χ2n) is 6.16. The number of rotatable bonds is 12. The highest BCUT2D eigenvalue weighted by molar-refractivity contribution is 7.49. The van der Waals surface area contributed by atoms with Gasteiger partial charge in [-0.05, 0) is 55.4 Å². The minimum Gasteiger partial charge on any atom is -0.284 e. The zero-order valence-corrected chi connectivity index (χ0v) is 17.5. The van der Waals surface area contributed by atoms with Crippen molar-refractivity contribution < 1.29 is 45.1 Å². The first-order chi connectivity index (χ1) is 11.1. The first kappa shape index (κ1) is 25.1. The van der Waals surface area contributed by atoms with Gasteiger partial charge in [0.2, 0.25) is 0 Å². The van der Waals surface area contributed by atoms with Gasteiger partial charge in [0.05, 0.1) is 24.4 Å². The molecule has 0 spiro atoms. The Hall–Kier alpha value is 0.0800. The molecular formula is C13H28F2O8P2. The highest BCUT2D eigenvalue weighted by Crippen LogP contribution is 2.61. The second kappa shape index (κ2) is 9.85. The molecule has 0 unspecified atom stereocenters. The minimum absolute atomic E-state index is 0.744. The van der Waals surface area contributed by atoms with E-state index in [2.05, 4.69) is 9.05 Å². The van der Waals surface area contributed by atoms with Crippen LogP contribution in [0.1, 0.15) is 55.4 Å². The summed E-state index contributed by atoms with van der Waals surface area (Å²) >= 11 is 0. The van der Waals surface area contributed by atoms with Crippen LogP contribution in [0.2, 0.25) is 0 Å². The standard InChI is InChI=1S/C13H28F2O8P2/c1-9(2)18-24(16,19-10(3)4)22-13(14,15)23-25(17,20-11(5)6)21-12(7)8/h9-12H,1-8H3. The van der Waals surface area contributed by atoms with Gasteiger partial charge in [-0.3, -0.25) is 18.1 Å². The Kier molecular flexibility index (Phi) is 9.89. The lowest BCUT2D eigenvalue weighted by atomic mass is 10.5. The van der Waals surface area contributed by atoms with Crippen LogP contribution >= 0.6 is 15.6 Å². The molecule has 0 N–H and O–H groups in total. The summed E-state index contributed by atoms with van der Waals surface area (Å²) in [4.78, 5) is 0. The lowest BCUT2D eigenvalue weighted by molar-refractivity contribution is -0.325. The fraction of sp³-hybridized carbons (Fsp3) is 1.00. The minimum atomic E-state index is -4.71. The molecule has 0 heterocycles. The summed E-state index contributed by atoms with van der Waals surface area (Å²) in [5, 5.41) is 0. The molecule has 8 nitrogen and oxygen atoms in total. The Morgan fingerprint density at radius 3 is 0.960 bits per heavy atom. The molecule has 0 fully saturated rings. The third-order valence-electron chi connectivity index (χ3n) is 1.80. The molecule has 0 amide bonds. The average molecular weight is 412 g/mol. The zero-order valence-electron chi connectivity index (χ0n) is 15.7. The third-order valence-corrected chi connectivity index (χ3v) is 5.39.